The predicted molar refractivity (Wildman–Crippen MR) is 105 cm³/mol. The summed E-state index contributed by atoms with van der Waals surface area (Å²) in [5.74, 6) is -0.192. The van der Waals surface area contributed by atoms with Gasteiger partial charge in [-0.15, -0.1) is 0 Å². The number of nitrogens with one attached hydrogen (secondary N) is 2. The number of anilines is 1. The van der Waals surface area contributed by atoms with Crippen molar-refractivity contribution in [2.24, 2.45) is 0 Å². The third-order valence-corrected chi connectivity index (χ3v) is 4.15. The number of esters is 1. The van der Waals surface area contributed by atoms with Gasteiger partial charge in [0.15, 0.2) is 6.29 Å². The highest BCUT2D eigenvalue weighted by molar-refractivity contribution is 6.11. The summed E-state index contributed by atoms with van der Waals surface area (Å²) in [7, 11) is 6.40. The van der Waals surface area contributed by atoms with E-state index in [4.69, 9.17) is 18.9 Å². The van der Waals surface area contributed by atoms with E-state index in [0.717, 1.165) is 0 Å². The molecule has 1 aromatic heterocycles. The summed E-state index contributed by atoms with van der Waals surface area (Å²) in [6, 6.07) is 5.29. The van der Waals surface area contributed by atoms with E-state index in [0.29, 0.717) is 28.9 Å². The van der Waals surface area contributed by atoms with Gasteiger partial charge in [0.2, 0.25) is 5.91 Å². The van der Waals surface area contributed by atoms with Crippen molar-refractivity contribution in [3.8, 4) is 5.75 Å². The minimum Gasteiger partial charge on any atom is -0.497 e. The molecule has 0 aliphatic carbocycles. The fraction of sp³-hybridized carbons (Fsp3) is 0.474. The second-order valence-electron chi connectivity index (χ2n) is 6.15. The third kappa shape index (κ3) is 5.22. The van der Waals surface area contributed by atoms with Gasteiger partial charge in [0.1, 0.15) is 11.4 Å². The molecule has 0 aliphatic heterocycles. The number of aromatic nitrogens is 1. The van der Waals surface area contributed by atoms with Crippen LogP contribution in [0.3, 0.4) is 0 Å². The van der Waals surface area contributed by atoms with Gasteiger partial charge in [-0.1, -0.05) is 0 Å². The van der Waals surface area contributed by atoms with Gasteiger partial charge in [-0.25, -0.2) is 4.79 Å². The maximum absolute atomic E-state index is 12.6. The van der Waals surface area contributed by atoms with Crippen LogP contribution in [0.4, 0.5) is 5.69 Å². The lowest BCUT2D eigenvalue weighted by atomic mass is 10.2. The lowest BCUT2D eigenvalue weighted by Crippen LogP contribution is -2.37. The van der Waals surface area contributed by atoms with Gasteiger partial charge < -0.3 is 29.2 Å². The molecule has 0 fully saturated rings. The molecular weight excluding hydrogens is 366 g/mol. The zero-order valence-electron chi connectivity index (χ0n) is 16.8. The second-order valence-corrected chi connectivity index (χ2v) is 6.15. The molecule has 9 nitrogen and oxygen atoms in total. The van der Waals surface area contributed by atoms with Crippen LogP contribution < -0.4 is 10.1 Å². The fourth-order valence-electron chi connectivity index (χ4n) is 2.78. The van der Waals surface area contributed by atoms with Crippen LogP contribution in [0.5, 0.6) is 5.75 Å². The first kappa shape index (κ1) is 21.7. The molecule has 0 unspecified atom stereocenters. The number of H-pyrrole nitrogens is 1. The van der Waals surface area contributed by atoms with Gasteiger partial charge in [0.05, 0.1) is 31.5 Å². The van der Waals surface area contributed by atoms with E-state index in [9.17, 15) is 9.59 Å². The number of carbonyl (C=O) groups excluding carboxylic acids is 2. The van der Waals surface area contributed by atoms with Gasteiger partial charge in [0.25, 0.3) is 0 Å². The molecule has 0 radical (unpaired) electrons. The molecule has 9 heteroatoms. The van der Waals surface area contributed by atoms with E-state index in [1.165, 1.54) is 14.2 Å². The Morgan fingerprint density at radius 3 is 2.54 bits per heavy atom. The number of aromatic amines is 1. The van der Waals surface area contributed by atoms with Crippen LogP contribution in [0.15, 0.2) is 18.2 Å². The Labute approximate surface area is 163 Å². The molecule has 2 aromatic rings. The van der Waals surface area contributed by atoms with E-state index in [1.54, 1.807) is 44.2 Å². The summed E-state index contributed by atoms with van der Waals surface area (Å²) in [6.45, 7) is 2.45. The SMILES string of the molecule is CCOC(=O)c1[nH]c2cc(OC)ccc2c1NC(=O)CN(C)CC(OC)OC. The van der Waals surface area contributed by atoms with Crippen LogP contribution in [0, 0.1) is 0 Å². The molecule has 2 N–H and O–H groups in total. The van der Waals surface area contributed by atoms with Crippen molar-refractivity contribution < 1.29 is 28.5 Å². The standard InChI is InChI=1S/C19H27N3O6/c1-6-28-19(24)18-17(13-8-7-12(25-3)9-14(13)20-18)21-15(23)10-22(2)11-16(26-4)27-5/h7-9,16,20H,6,10-11H2,1-5H3,(H,21,23). The molecule has 0 saturated heterocycles. The topological polar surface area (TPSA) is 102 Å². The number of hydrogen-bond acceptors (Lipinski definition) is 7. The summed E-state index contributed by atoms with van der Waals surface area (Å²) in [4.78, 5) is 29.7. The van der Waals surface area contributed by atoms with Crippen LogP contribution in [0.1, 0.15) is 17.4 Å². The molecule has 1 aromatic carbocycles. The summed E-state index contributed by atoms with van der Waals surface area (Å²) >= 11 is 0. The Morgan fingerprint density at radius 2 is 1.93 bits per heavy atom. The van der Waals surface area contributed by atoms with E-state index in [2.05, 4.69) is 10.3 Å². The smallest absolute Gasteiger partial charge is 0.356 e. The normalized spacial score (nSPS) is 11.2. The summed E-state index contributed by atoms with van der Waals surface area (Å²) in [6.07, 6.45) is -0.437. The van der Waals surface area contributed by atoms with Crippen molar-refractivity contribution in [2.45, 2.75) is 13.2 Å². The number of rotatable bonds is 10. The largest absolute Gasteiger partial charge is 0.497 e. The predicted octanol–water partition coefficient (Wildman–Crippen LogP) is 1.84. The van der Waals surface area contributed by atoms with Crippen LogP contribution >= 0.6 is 0 Å². The van der Waals surface area contributed by atoms with Crippen molar-refractivity contribution in [2.75, 3.05) is 53.4 Å². The molecule has 154 valence electrons. The highest BCUT2D eigenvalue weighted by Crippen LogP contribution is 2.31. The minimum atomic E-state index is -0.542. The van der Waals surface area contributed by atoms with E-state index in [1.807, 2.05) is 0 Å². The van der Waals surface area contributed by atoms with Crippen LogP contribution in [-0.4, -0.2) is 76.1 Å². The first-order valence-electron chi connectivity index (χ1n) is 8.84. The minimum absolute atomic E-state index is 0.0916. The molecule has 0 spiro atoms. The highest BCUT2D eigenvalue weighted by Gasteiger charge is 2.22. The number of amides is 1. The van der Waals surface area contributed by atoms with Crippen molar-refractivity contribution in [1.29, 1.82) is 0 Å². The average Bonchev–Trinajstić information content (AvgIpc) is 3.03. The Bertz CT molecular complexity index is 815. The van der Waals surface area contributed by atoms with Gasteiger partial charge in [-0.3, -0.25) is 9.69 Å². The van der Waals surface area contributed by atoms with E-state index < -0.39 is 12.3 Å². The Morgan fingerprint density at radius 1 is 1.21 bits per heavy atom. The first-order chi connectivity index (χ1) is 13.4. The summed E-state index contributed by atoms with van der Waals surface area (Å²) in [5.41, 5.74) is 1.22. The Hall–Kier alpha value is -2.62. The molecule has 1 heterocycles. The van der Waals surface area contributed by atoms with Crippen LogP contribution in [0.25, 0.3) is 10.9 Å². The number of methoxy groups -OCH3 is 3. The molecule has 0 bridgehead atoms. The number of ether oxygens (including phenoxy) is 4. The maximum Gasteiger partial charge on any atom is 0.356 e. The van der Waals surface area contributed by atoms with Gasteiger partial charge in [-0.2, -0.15) is 0 Å². The van der Waals surface area contributed by atoms with E-state index in [-0.39, 0.29) is 24.8 Å². The van der Waals surface area contributed by atoms with Gasteiger partial charge >= 0.3 is 5.97 Å². The monoisotopic (exact) mass is 393 g/mol. The molecule has 0 saturated carbocycles. The Kier molecular flexibility index (Phi) is 7.80. The zero-order valence-corrected chi connectivity index (χ0v) is 16.8. The Balaban J connectivity index is 2.24. The second kappa shape index (κ2) is 10.1. The first-order valence-corrected chi connectivity index (χ1v) is 8.84. The zero-order chi connectivity index (χ0) is 20.7. The number of hydrogen-bond donors (Lipinski definition) is 2. The van der Waals surface area contributed by atoms with Crippen molar-refractivity contribution >= 4 is 28.5 Å². The lowest BCUT2D eigenvalue weighted by molar-refractivity contribution is -0.124. The lowest BCUT2D eigenvalue weighted by Gasteiger charge is -2.21. The third-order valence-electron chi connectivity index (χ3n) is 4.15. The maximum atomic E-state index is 12.6. The number of carbonyl (C=O) groups is 2. The van der Waals surface area contributed by atoms with Crippen molar-refractivity contribution in [3.05, 3.63) is 23.9 Å². The van der Waals surface area contributed by atoms with Crippen molar-refractivity contribution in [1.82, 2.24) is 9.88 Å². The number of fused-ring (bicyclic) bond motifs is 1. The molecule has 0 aliphatic rings. The summed E-state index contributed by atoms with van der Waals surface area (Å²) < 4.78 is 20.6. The quantitative estimate of drug-likeness (QED) is 0.469. The summed E-state index contributed by atoms with van der Waals surface area (Å²) in [5, 5.41) is 3.50. The molecule has 0 atom stereocenters. The molecular formula is C19H27N3O6. The van der Waals surface area contributed by atoms with Crippen LogP contribution in [0.2, 0.25) is 0 Å². The molecule has 2 rings (SSSR count). The van der Waals surface area contributed by atoms with Gasteiger partial charge in [-0.05, 0) is 26.1 Å². The van der Waals surface area contributed by atoms with E-state index >= 15 is 0 Å². The number of nitrogens with zero attached hydrogens (tertiary/aromatic N) is 1. The average molecular weight is 393 g/mol. The number of benzene rings is 1. The fourth-order valence-corrected chi connectivity index (χ4v) is 2.78. The van der Waals surface area contributed by atoms with Gasteiger partial charge in [0, 0.05) is 32.2 Å². The molecule has 28 heavy (non-hydrogen) atoms. The van der Waals surface area contributed by atoms with Crippen LogP contribution in [-0.2, 0) is 19.0 Å². The highest BCUT2D eigenvalue weighted by atomic mass is 16.7. The number of likely N-dealkylation sites (N-methyl/N-ethyl adjacent to an activating group) is 1. The van der Waals surface area contributed by atoms with Crippen molar-refractivity contribution in [3.63, 3.8) is 0 Å². The molecule has 1 amide bonds.